The van der Waals surface area contributed by atoms with E-state index in [0.717, 1.165) is 24.2 Å². The highest BCUT2D eigenvalue weighted by atomic mass is 16.5. The van der Waals surface area contributed by atoms with Gasteiger partial charge in [-0.25, -0.2) is 0 Å². The largest absolute Gasteiger partial charge is 0.491 e. The number of ether oxygens (including phenoxy) is 1. The SMILES string of the molecule is CC(C)Oc1ccc(C(O)CCc2ccccc2)cc1. The highest BCUT2D eigenvalue weighted by Gasteiger charge is 2.08. The Hall–Kier alpha value is -1.80. The molecule has 2 nitrogen and oxygen atoms in total. The first-order valence-corrected chi connectivity index (χ1v) is 7.14. The standard InChI is InChI=1S/C18H22O2/c1-14(2)20-17-11-9-16(10-12-17)18(19)13-8-15-6-4-3-5-7-15/h3-7,9-12,14,18-19H,8,13H2,1-2H3. The molecule has 0 amide bonds. The second-order valence-corrected chi connectivity index (χ2v) is 5.28. The Balaban J connectivity index is 1.90. The molecule has 2 rings (SSSR count). The predicted octanol–water partition coefficient (Wildman–Crippen LogP) is 4.14. The number of aliphatic hydroxyl groups is 1. The monoisotopic (exact) mass is 270 g/mol. The first-order valence-electron chi connectivity index (χ1n) is 7.14. The summed E-state index contributed by atoms with van der Waals surface area (Å²) < 4.78 is 5.60. The summed E-state index contributed by atoms with van der Waals surface area (Å²) >= 11 is 0. The maximum atomic E-state index is 10.2. The van der Waals surface area contributed by atoms with Crippen LogP contribution >= 0.6 is 0 Å². The van der Waals surface area contributed by atoms with Crippen molar-refractivity contribution in [2.45, 2.75) is 38.9 Å². The van der Waals surface area contributed by atoms with Gasteiger partial charge in [-0.3, -0.25) is 0 Å². The molecule has 0 aliphatic rings. The van der Waals surface area contributed by atoms with Crippen LogP contribution in [0.1, 0.15) is 37.5 Å². The molecular formula is C18H22O2. The van der Waals surface area contributed by atoms with Gasteiger partial charge in [0.2, 0.25) is 0 Å². The van der Waals surface area contributed by atoms with E-state index in [1.165, 1.54) is 5.56 Å². The molecule has 0 radical (unpaired) electrons. The number of hydrogen-bond acceptors (Lipinski definition) is 2. The van der Waals surface area contributed by atoms with Crippen LogP contribution in [0.15, 0.2) is 54.6 Å². The third-order valence-corrected chi connectivity index (χ3v) is 3.19. The fourth-order valence-electron chi connectivity index (χ4n) is 2.16. The zero-order valence-electron chi connectivity index (χ0n) is 12.1. The summed E-state index contributed by atoms with van der Waals surface area (Å²) in [6.07, 6.45) is 1.35. The van der Waals surface area contributed by atoms with Crippen molar-refractivity contribution in [1.29, 1.82) is 0 Å². The molecule has 106 valence electrons. The third kappa shape index (κ3) is 4.39. The van der Waals surface area contributed by atoms with Crippen LogP contribution in [0, 0.1) is 0 Å². The van der Waals surface area contributed by atoms with Gasteiger partial charge in [-0.15, -0.1) is 0 Å². The van der Waals surface area contributed by atoms with Gasteiger partial charge in [0.15, 0.2) is 0 Å². The molecule has 0 aliphatic carbocycles. The van der Waals surface area contributed by atoms with Gasteiger partial charge in [0.1, 0.15) is 5.75 Å². The lowest BCUT2D eigenvalue weighted by atomic mass is 10.0. The van der Waals surface area contributed by atoms with E-state index in [2.05, 4.69) is 12.1 Å². The second-order valence-electron chi connectivity index (χ2n) is 5.28. The number of hydrogen-bond donors (Lipinski definition) is 1. The number of benzene rings is 2. The molecule has 2 aromatic rings. The first kappa shape index (κ1) is 14.6. The quantitative estimate of drug-likeness (QED) is 0.854. The number of rotatable bonds is 6. The highest BCUT2D eigenvalue weighted by molar-refractivity contribution is 5.29. The minimum Gasteiger partial charge on any atom is -0.491 e. The van der Waals surface area contributed by atoms with Gasteiger partial charge in [0, 0.05) is 0 Å². The minimum absolute atomic E-state index is 0.170. The highest BCUT2D eigenvalue weighted by Crippen LogP contribution is 2.22. The van der Waals surface area contributed by atoms with Crippen LogP contribution in [0.3, 0.4) is 0 Å². The molecule has 0 heterocycles. The molecule has 1 N–H and O–H groups in total. The van der Waals surface area contributed by atoms with Gasteiger partial charge >= 0.3 is 0 Å². The predicted molar refractivity (Wildman–Crippen MR) is 81.9 cm³/mol. The van der Waals surface area contributed by atoms with Gasteiger partial charge in [0.05, 0.1) is 12.2 Å². The second kappa shape index (κ2) is 7.11. The van der Waals surface area contributed by atoms with Crippen molar-refractivity contribution in [3.05, 3.63) is 65.7 Å². The molecule has 0 fully saturated rings. The van der Waals surface area contributed by atoms with Gasteiger partial charge in [-0.2, -0.15) is 0 Å². The maximum Gasteiger partial charge on any atom is 0.119 e. The van der Waals surface area contributed by atoms with Crippen molar-refractivity contribution < 1.29 is 9.84 Å². The summed E-state index contributed by atoms with van der Waals surface area (Å²) in [6, 6.07) is 18.0. The van der Waals surface area contributed by atoms with E-state index in [1.807, 2.05) is 56.3 Å². The van der Waals surface area contributed by atoms with E-state index in [1.54, 1.807) is 0 Å². The molecule has 0 saturated carbocycles. The molecule has 0 saturated heterocycles. The van der Waals surface area contributed by atoms with E-state index in [9.17, 15) is 5.11 Å². The summed E-state index contributed by atoms with van der Waals surface area (Å²) in [5.74, 6) is 0.846. The molecule has 20 heavy (non-hydrogen) atoms. The van der Waals surface area contributed by atoms with Crippen molar-refractivity contribution in [2.75, 3.05) is 0 Å². The van der Waals surface area contributed by atoms with Crippen LogP contribution in [0.5, 0.6) is 5.75 Å². The van der Waals surface area contributed by atoms with Crippen LogP contribution in [-0.4, -0.2) is 11.2 Å². The van der Waals surface area contributed by atoms with Crippen LogP contribution < -0.4 is 4.74 Å². The van der Waals surface area contributed by atoms with E-state index < -0.39 is 6.10 Å². The number of aryl methyl sites for hydroxylation is 1. The molecule has 0 spiro atoms. The zero-order valence-corrected chi connectivity index (χ0v) is 12.1. The Morgan fingerprint density at radius 1 is 0.950 bits per heavy atom. The molecule has 2 aromatic carbocycles. The topological polar surface area (TPSA) is 29.5 Å². The first-order chi connectivity index (χ1) is 9.65. The summed E-state index contributed by atoms with van der Waals surface area (Å²) in [4.78, 5) is 0. The van der Waals surface area contributed by atoms with Gasteiger partial charge in [-0.05, 0) is 49.9 Å². The number of aliphatic hydroxyl groups excluding tert-OH is 1. The lowest BCUT2D eigenvalue weighted by Gasteiger charge is -2.13. The van der Waals surface area contributed by atoms with Crippen molar-refractivity contribution >= 4 is 0 Å². The molecule has 1 atom stereocenters. The van der Waals surface area contributed by atoms with Gasteiger partial charge in [-0.1, -0.05) is 42.5 Å². The Labute approximate surface area is 121 Å². The van der Waals surface area contributed by atoms with Gasteiger partial charge in [0.25, 0.3) is 0 Å². The molecular weight excluding hydrogens is 248 g/mol. The summed E-state index contributed by atoms with van der Waals surface area (Å²) in [7, 11) is 0. The normalized spacial score (nSPS) is 12.4. The van der Waals surface area contributed by atoms with E-state index >= 15 is 0 Å². The van der Waals surface area contributed by atoms with Gasteiger partial charge < -0.3 is 9.84 Å². The lowest BCUT2D eigenvalue weighted by molar-refractivity contribution is 0.167. The Morgan fingerprint density at radius 2 is 1.60 bits per heavy atom. The van der Waals surface area contributed by atoms with Crippen molar-refractivity contribution in [1.82, 2.24) is 0 Å². The minimum atomic E-state index is -0.427. The summed E-state index contributed by atoms with van der Waals surface area (Å²) in [6.45, 7) is 4.01. The average molecular weight is 270 g/mol. The molecule has 1 unspecified atom stereocenters. The third-order valence-electron chi connectivity index (χ3n) is 3.19. The van der Waals surface area contributed by atoms with Crippen LogP contribution in [0.25, 0.3) is 0 Å². The van der Waals surface area contributed by atoms with E-state index in [4.69, 9.17) is 4.74 Å². The average Bonchev–Trinajstić information content (AvgIpc) is 2.46. The fourth-order valence-corrected chi connectivity index (χ4v) is 2.16. The Morgan fingerprint density at radius 3 is 2.20 bits per heavy atom. The smallest absolute Gasteiger partial charge is 0.119 e. The van der Waals surface area contributed by atoms with Crippen LogP contribution in [0.4, 0.5) is 0 Å². The molecule has 0 aliphatic heterocycles. The summed E-state index contributed by atoms with van der Waals surface area (Å²) in [5, 5.41) is 10.2. The molecule has 0 bridgehead atoms. The Bertz CT molecular complexity index is 503. The molecule has 2 heteroatoms. The van der Waals surface area contributed by atoms with Crippen LogP contribution in [-0.2, 0) is 6.42 Å². The van der Waals surface area contributed by atoms with Crippen LogP contribution in [0.2, 0.25) is 0 Å². The maximum absolute atomic E-state index is 10.2. The van der Waals surface area contributed by atoms with Crippen molar-refractivity contribution in [2.24, 2.45) is 0 Å². The van der Waals surface area contributed by atoms with Crippen molar-refractivity contribution in [3.8, 4) is 5.75 Å². The van der Waals surface area contributed by atoms with Crippen molar-refractivity contribution in [3.63, 3.8) is 0 Å². The van der Waals surface area contributed by atoms with E-state index in [0.29, 0.717) is 0 Å². The zero-order chi connectivity index (χ0) is 14.4. The summed E-state index contributed by atoms with van der Waals surface area (Å²) in [5.41, 5.74) is 2.20. The van der Waals surface area contributed by atoms with E-state index in [-0.39, 0.29) is 6.10 Å². The Kier molecular flexibility index (Phi) is 5.19. The molecule has 0 aromatic heterocycles. The lowest BCUT2D eigenvalue weighted by Crippen LogP contribution is -2.05. The fraction of sp³-hybridized carbons (Fsp3) is 0.333.